The van der Waals surface area contributed by atoms with E-state index in [2.05, 4.69) is 15.3 Å². The van der Waals surface area contributed by atoms with Crippen molar-refractivity contribution in [2.24, 2.45) is 0 Å². The number of aromatic nitrogens is 2. The lowest BCUT2D eigenvalue weighted by molar-refractivity contribution is 0.0374. The first-order chi connectivity index (χ1) is 12.6. The van der Waals surface area contributed by atoms with Gasteiger partial charge in [-0.3, -0.25) is 4.90 Å². The Bertz CT molecular complexity index is 741. The molecule has 5 nitrogen and oxygen atoms in total. The van der Waals surface area contributed by atoms with E-state index in [1.807, 2.05) is 13.8 Å². The van der Waals surface area contributed by atoms with Crippen molar-refractivity contribution in [3.05, 3.63) is 46.8 Å². The summed E-state index contributed by atoms with van der Waals surface area (Å²) in [6.45, 7) is 10.1. The molecule has 0 aliphatic carbocycles. The Morgan fingerprint density at radius 3 is 2.69 bits per heavy atom. The van der Waals surface area contributed by atoms with Crippen LogP contribution in [0.3, 0.4) is 0 Å². The second kappa shape index (κ2) is 8.70. The minimum Gasteiger partial charge on any atom is -0.379 e. The van der Waals surface area contributed by atoms with Gasteiger partial charge < -0.3 is 10.1 Å². The molecule has 0 bridgehead atoms. The summed E-state index contributed by atoms with van der Waals surface area (Å²) in [6, 6.07) is 3.55. The van der Waals surface area contributed by atoms with Gasteiger partial charge in [-0.15, -0.1) is 0 Å². The largest absolute Gasteiger partial charge is 0.379 e. The van der Waals surface area contributed by atoms with Gasteiger partial charge in [0, 0.05) is 37.0 Å². The second-order valence-electron chi connectivity index (χ2n) is 6.64. The minimum absolute atomic E-state index is 0.269. The molecule has 3 rings (SSSR count). The summed E-state index contributed by atoms with van der Waals surface area (Å²) in [5, 5.41) is 7.88. The van der Waals surface area contributed by atoms with Crippen LogP contribution in [-0.4, -0.2) is 54.1 Å². The standard InChI is InChI=1S/C19H26F2N4O/c1-14-17(13-22-6-3-7-24-8-10-26-11-9-24)15(2)25(23-14)19-5-4-16(20)12-18(19)21/h4-5,12,22H,3,6-11,13H2,1-2H3. The van der Waals surface area contributed by atoms with E-state index >= 15 is 0 Å². The van der Waals surface area contributed by atoms with E-state index < -0.39 is 11.6 Å². The van der Waals surface area contributed by atoms with E-state index in [1.54, 1.807) is 4.68 Å². The zero-order valence-electron chi connectivity index (χ0n) is 15.4. The van der Waals surface area contributed by atoms with E-state index in [1.165, 1.54) is 12.1 Å². The molecule has 1 aliphatic heterocycles. The van der Waals surface area contributed by atoms with Crippen LogP contribution in [0, 0.1) is 25.5 Å². The number of nitrogens with one attached hydrogen (secondary N) is 1. The lowest BCUT2D eigenvalue weighted by Crippen LogP contribution is -2.37. The number of rotatable bonds is 7. The number of benzene rings is 1. The van der Waals surface area contributed by atoms with Crippen molar-refractivity contribution in [2.45, 2.75) is 26.8 Å². The molecule has 142 valence electrons. The Labute approximate surface area is 152 Å². The van der Waals surface area contributed by atoms with E-state index in [0.29, 0.717) is 6.54 Å². The van der Waals surface area contributed by atoms with Crippen molar-refractivity contribution in [1.82, 2.24) is 20.0 Å². The van der Waals surface area contributed by atoms with Gasteiger partial charge in [0.2, 0.25) is 0 Å². The number of halogens is 2. The summed E-state index contributed by atoms with van der Waals surface area (Å²) in [5.41, 5.74) is 3.05. The van der Waals surface area contributed by atoms with Gasteiger partial charge in [-0.1, -0.05) is 0 Å². The normalized spacial score (nSPS) is 15.5. The number of hydrogen-bond acceptors (Lipinski definition) is 4. The molecule has 0 amide bonds. The quantitative estimate of drug-likeness (QED) is 0.767. The highest BCUT2D eigenvalue weighted by Crippen LogP contribution is 2.20. The molecule has 2 heterocycles. The highest BCUT2D eigenvalue weighted by atomic mass is 19.1. The average Bonchev–Trinajstić information content (AvgIpc) is 2.90. The maximum Gasteiger partial charge on any atom is 0.151 e. The van der Waals surface area contributed by atoms with Gasteiger partial charge in [-0.05, 0) is 45.5 Å². The first kappa shape index (κ1) is 18.9. The first-order valence-corrected chi connectivity index (χ1v) is 9.07. The summed E-state index contributed by atoms with van der Waals surface area (Å²) in [4.78, 5) is 2.41. The molecule has 1 aromatic heterocycles. The van der Waals surface area contributed by atoms with Gasteiger partial charge in [-0.2, -0.15) is 5.10 Å². The molecule has 26 heavy (non-hydrogen) atoms. The summed E-state index contributed by atoms with van der Waals surface area (Å²) in [6.07, 6.45) is 1.07. The Morgan fingerprint density at radius 1 is 1.19 bits per heavy atom. The monoisotopic (exact) mass is 364 g/mol. The van der Waals surface area contributed by atoms with Gasteiger partial charge >= 0.3 is 0 Å². The van der Waals surface area contributed by atoms with Crippen molar-refractivity contribution in [2.75, 3.05) is 39.4 Å². The smallest absolute Gasteiger partial charge is 0.151 e. The van der Waals surface area contributed by atoms with Crippen LogP contribution in [0.15, 0.2) is 18.2 Å². The predicted molar refractivity (Wildman–Crippen MR) is 96.5 cm³/mol. The number of morpholine rings is 1. The Hall–Kier alpha value is -1.83. The van der Waals surface area contributed by atoms with Crippen LogP contribution in [0.4, 0.5) is 8.78 Å². The highest BCUT2D eigenvalue weighted by Gasteiger charge is 2.15. The van der Waals surface area contributed by atoms with Crippen LogP contribution in [0.1, 0.15) is 23.4 Å². The van der Waals surface area contributed by atoms with Gasteiger partial charge in [-0.25, -0.2) is 13.5 Å². The van der Waals surface area contributed by atoms with Crippen molar-refractivity contribution in [3.8, 4) is 5.69 Å². The molecule has 7 heteroatoms. The first-order valence-electron chi connectivity index (χ1n) is 9.07. The fourth-order valence-electron chi connectivity index (χ4n) is 3.28. The highest BCUT2D eigenvalue weighted by molar-refractivity contribution is 5.38. The third-order valence-electron chi connectivity index (χ3n) is 4.81. The molecule has 0 saturated carbocycles. The number of aryl methyl sites for hydroxylation is 1. The molecule has 0 spiro atoms. The zero-order chi connectivity index (χ0) is 18.5. The topological polar surface area (TPSA) is 42.3 Å². The van der Waals surface area contributed by atoms with Crippen LogP contribution < -0.4 is 5.32 Å². The molecule has 1 N–H and O–H groups in total. The third-order valence-corrected chi connectivity index (χ3v) is 4.81. The molecular formula is C19H26F2N4O. The number of hydrogen-bond donors (Lipinski definition) is 1. The lowest BCUT2D eigenvalue weighted by Gasteiger charge is -2.26. The van der Waals surface area contributed by atoms with Gasteiger partial charge in [0.05, 0.1) is 18.9 Å². The lowest BCUT2D eigenvalue weighted by atomic mass is 10.2. The van der Waals surface area contributed by atoms with E-state index in [0.717, 1.165) is 68.8 Å². The maximum atomic E-state index is 14.1. The average molecular weight is 364 g/mol. The van der Waals surface area contributed by atoms with Crippen LogP contribution in [0.5, 0.6) is 0 Å². The second-order valence-corrected chi connectivity index (χ2v) is 6.64. The molecule has 2 aromatic rings. The third kappa shape index (κ3) is 4.47. The molecular weight excluding hydrogens is 338 g/mol. The molecule has 0 radical (unpaired) electrons. The summed E-state index contributed by atoms with van der Waals surface area (Å²) in [7, 11) is 0. The van der Waals surface area contributed by atoms with Crippen LogP contribution >= 0.6 is 0 Å². The Morgan fingerprint density at radius 2 is 1.96 bits per heavy atom. The summed E-state index contributed by atoms with van der Waals surface area (Å²) < 4.78 is 34.1. The van der Waals surface area contributed by atoms with Gasteiger partial charge in [0.1, 0.15) is 11.5 Å². The fraction of sp³-hybridized carbons (Fsp3) is 0.526. The maximum absolute atomic E-state index is 14.1. The van der Waals surface area contributed by atoms with Gasteiger partial charge in [0.15, 0.2) is 5.82 Å². The van der Waals surface area contributed by atoms with Crippen molar-refractivity contribution < 1.29 is 13.5 Å². The summed E-state index contributed by atoms with van der Waals surface area (Å²) in [5.74, 6) is -1.20. The number of ether oxygens (including phenoxy) is 1. The molecule has 1 aliphatic rings. The SMILES string of the molecule is Cc1nn(-c2ccc(F)cc2F)c(C)c1CNCCCN1CCOCC1. The fourth-order valence-corrected chi connectivity index (χ4v) is 3.28. The van der Waals surface area contributed by atoms with E-state index in [-0.39, 0.29) is 5.69 Å². The van der Waals surface area contributed by atoms with Crippen LogP contribution in [-0.2, 0) is 11.3 Å². The molecule has 1 aromatic carbocycles. The van der Waals surface area contributed by atoms with E-state index in [4.69, 9.17) is 4.74 Å². The van der Waals surface area contributed by atoms with Crippen LogP contribution in [0.2, 0.25) is 0 Å². The molecule has 0 atom stereocenters. The molecule has 1 saturated heterocycles. The van der Waals surface area contributed by atoms with Crippen molar-refractivity contribution >= 4 is 0 Å². The van der Waals surface area contributed by atoms with E-state index in [9.17, 15) is 8.78 Å². The zero-order valence-corrected chi connectivity index (χ0v) is 15.4. The predicted octanol–water partition coefficient (Wildman–Crippen LogP) is 2.58. The molecule has 0 unspecified atom stereocenters. The van der Waals surface area contributed by atoms with Crippen LogP contribution in [0.25, 0.3) is 5.69 Å². The van der Waals surface area contributed by atoms with Gasteiger partial charge in [0.25, 0.3) is 0 Å². The number of nitrogens with zero attached hydrogens (tertiary/aromatic N) is 3. The Kier molecular flexibility index (Phi) is 6.34. The minimum atomic E-state index is -0.611. The molecule has 1 fully saturated rings. The van der Waals surface area contributed by atoms with Crippen molar-refractivity contribution in [1.29, 1.82) is 0 Å². The van der Waals surface area contributed by atoms with Crippen molar-refractivity contribution in [3.63, 3.8) is 0 Å². The Balaban J connectivity index is 1.56. The summed E-state index contributed by atoms with van der Waals surface area (Å²) >= 11 is 0.